The lowest BCUT2D eigenvalue weighted by Crippen LogP contribution is -2.21. The summed E-state index contributed by atoms with van der Waals surface area (Å²) in [4.78, 5) is 0. The second-order valence-corrected chi connectivity index (χ2v) is 8.92. The molecule has 0 heterocycles. The molecule has 0 aliphatic heterocycles. The molecule has 0 N–H and O–H groups in total. The van der Waals surface area contributed by atoms with Crippen LogP contribution in [0.5, 0.6) is 0 Å². The van der Waals surface area contributed by atoms with E-state index in [2.05, 4.69) is 26.8 Å². The number of benzene rings is 1. The Bertz CT molecular complexity index is 557. The SMILES string of the molecule is CC(C)(C)c1c2c(cc3c1[C@@H]1CC[C@H]3C1)[C@H]1CC[C@@H]2C1. The van der Waals surface area contributed by atoms with Crippen molar-refractivity contribution in [2.45, 2.75) is 88.4 Å². The maximum Gasteiger partial charge on any atom is -0.0126 e. The van der Waals surface area contributed by atoms with Crippen molar-refractivity contribution in [3.05, 3.63) is 33.9 Å². The molecule has 2 saturated carbocycles. The van der Waals surface area contributed by atoms with Crippen molar-refractivity contribution < 1.29 is 0 Å². The van der Waals surface area contributed by atoms with E-state index in [9.17, 15) is 0 Å². The lowest BCUT2D eigenvalue weighted by molar-refractivity contribution is 0.550. The molecule has 0 unspecified atom stereocenters. The van der Waals surface area contributed by atoms with E-state index in [4.69, 9.17) is 0 Å². The van der Waals surface area contributed by atoms with Crippen LogP contribution in [0.3, 0.4) is 0 Å². The van der Waals surface area contributed by atoms with Gasteiger partial charge in [0.25, 0.3) is 0 Å². The topological polar surface area (TPSA) is 0 Å². The molecule has 1 aromatic rings. The summed E-state index contributed by atoms with van der Waals surface area (Å²) in [7, 11) is 0. The minimum atomic E-state index is 0.338. The van der Waals surface area contributed by atoms with E-state index in [1.807, 2.05) is 16.7 Å². The van der Waals surface area contributed by atoms with Gasteiger partial charge in [0.15, 0.2) is 0 Å². The first kappa shape index (κ1) is 11.8. The fourth-order valence-corrected chi connectivity index (χ4v) is 6.17. The van der Waals surface area contributed by atoms with Crippen LogP contribution < -0.4 is 0 Å². The van der Waals surface area contributed by atoms with E-state index in [1.165, 1.54) is 38.5 Å². The Kier molecular flexibility index (Phi) is 2.08. The van der Waals surface area contributed by atoms with Gasteiger partial charge in [0.2, 0.25) is 0 Å². The van der Waals surface area contributed by atoms with Crippen LogP contribution in [0, 0.1) is 0 Å². The Morgan fingerprint density at radius 3 is 1.65 bits per heavy atom. The summed E-state index contributed by atoms with van der Waals surface area (Å²) in [5.74, 6) is 3.66. The number of hydrogen-bond acceptors (Lipinski definition) is 0. The van der Waals surface area contributed by atoms with Crippen molar-refractivity contribution >= 4 is 0 Å². The summed E-state index contributed by atoms with van der Waals surface area (Å²) >= 11 is 0. The minimum Gasteiger partial charge on any atom is -0.0561 e. The van der Waals surface area contributed by atoms with E-state index in [0.29, 0.717) is 5.41 Å². The lowest BCUT2D eigenvalue weighted by Gasteiger charge is -2.33. The second kappa shape index (κ2) is 3.51. The van der Waals surface area contributed by atoms with E-state index in [-0.39, 0.29) is 0 Å². The first-order valence-electron chi connectivity index (χ1n) is 8.75. The predicted octanol–water partition coefficient (Wildman–Crippen LogP) is 5.71. The molecule has 4 aliphatic rings. The van der Waals surface area contributed by atoms with Gasteiger partial charge in [0.1, 0.15) is 0 Å². The zero-order chi connectivity index (χ0) is 13.6. The third-order valence-corrected chi connectivity index (χ3v) is 6.78. The number of rotatable bonds is 0. The fourth-order valence-electron chi connectivity index (χ4n) is 6.17. The lowest BCUT2D eigenvalue weighted by atomic mass is 9.71. The predicted molar refractivity (Wildman–Crippen MR) is 83.8 cm³/mol. The van der Waals surface area contributed by atoms with Gasteiger partial charge in [0, 0.05) is 0 Å². The molecule has 20 heavy (non-hydrogen) atoms. The molecule has 4 atom stereocenters. The van der Waals surface area contributed by atoms with Crippen LogP contribution in [0.25, 0.3) is 0 Å². The first-order valence-corrected chi connectivity index (χ1v) is 8.75. The smallest absolute Gasteiger partial charge is 0.0126 e. The van der Waals surface area contributed by atoms with Crippen LogP contribution in [0.15, 0.2) is 6.07 Å². The molecule has 0 amide bonds. The van der Waals surface area contributed by atoms with Crippen molar-refractivity contribution in [2.24, 2.45) is 0 Å². The van der Waals surface area contributed by atoms with Gasteiger partial charge >= 0.3 is 0 Å². The van der Waals surface area contributed by atoms with Crippen LogP contribution in [0.4, 0.5) is 0 Å². The number of fused-ring (bicyclic) bond motifs is 10. The highest BCUT2D eigenvalue weighted by Gasteiger charge is 2.47. The molecule has 0 nitrogen and oxygen atoms in total. The summed E-state index contributed by atoms with van der Waals surface area (Å²) in [6.07, 6.45) is 8.80. The van der Waals surface area contributed by atoms with E-state index in [1.54, 1.807) is 11.1 Å². The third-order valence-electron chi connectivity index (χ3n) is 6.78. The highest BCUT2D eigenvalue weighted by molar-refractivity contribution is 5.60. The van der Waals surface area contributed by atoms with Gasteiger partial charge in [0.05, 0.1) is 0 Å². The molecule has 0 aromatic heterocycles. The quantitative estimate of drug-likeness (QED) is 0.564. The van der Waals surface area contributed by atoms with Gasteiger partial charge in [-0.15, -0.1) is 0 Å². The highest BCUT2D eigenvalue weighted by Crippen LogP contribution is 2.62. The van der Waals surface area contributed by atoms with Crippen LogP contribution in [-0.4, -0.2) is 0 Å². The molecule has 5 rings (SSSR count). The zero-order valence-electron chi connectivity index (χ0n) is 13.1. The Hall–Kier alpha value is -0.780. The van der Waals surface area contributed by atoms with Gasteiger partial charge in [-0.1, -0.05) is 26.8 Å². The highest BCUT2D eigenvalue weighted by atomic mass is 14.5. The number of hydrogen-bond donors (Lipinski definition) is 0. The fraction of sp³-hybridized carbons (Fsp3) is 0.700. The minimum absolute atomic E-state index is 0.338. The van der Waals surface area contributed by atoms with Gasteiger partial charge in [-0.25, -0.2) is 0 Å². The summed E-state index contributed by atoms with van der Waals surface area (Å²) in [5, 5.41) is 0. The van der Waals surface area contributed by atoms with E-state index in [0.717, 1.165) is 23.7 Å². The maximum atomic E-state index is 2.69. The van der Waals surface area contributed by atoms with Crippen molar-refractivity contribution in [3.63, 3.8) is 0 Å². The summed E-state index contributed by atoms with van der Waals surface area (Å²) in [6.45, 7) is 7.38. The average molecular weight is 266 g/mol. The maximum absolute atomic E-state index is 2.69. The van der Waals surface area contributed by atoms with Gasteiger partial charge in [-0.2, -0.15) is 0 Å². The van der Waals surface area contributed by atoms with Crippen molar-refractivity contribution in [3.8, 4) is 0 Å². The monoisotopic (exact) mass is 266 g/mol. The zero-order valence-corrected chi connectivity index (χ0v) is 13.1. The Morgan fingerprint density at radius 2 is 1.20 bits per heavy atom. The largest absolute Gasteiger partial charge is 0.0561 e. The second-order valence-electron chi connectivity index (χ2n) is 8.92. The molecule has 0 heteroatoms. The van der Waals surface area contributed by atoms with Crippen LogP contribution in [-0.2, 0) is 5.41 Å². The molecule has 0 radical (unpaired) electrons. The molecular formula is C20H26. The van der Waals surface area contributed by atoms with Crippen molar-refractivity contribution in [1.82, 2.24) is 0 Å². The standard InChI is InChI=1S/C20H26/c1-20(2,3)19-17-13-6-4-11(8-13)15(17)10-16-12-5-7-14(9-12)18(16)19/h10-14H,4-9H2,1-3H3/t11-,12-,13+,14+/m0/s1. The Balaban J connectivity index is 1.85. The van der Waals surface area contributed by atoms with Crippen LogP contribution >= 0.6 is 0 Å². The third kappa shape index (κ3) is 1.29. The molecule has 2 fully saturated rings. The summed E-state index contributed by atoms with van der Waals surface area (Å²) in [5.41, 5.74) is 9.39. The van der Waals surface area contributed by atoms with Crippen LogP contribution in [0.1, 0.15) is 111 Å². The normalized spacial score (nSPS) is 36.5. The summed E-state index contributed by atoms with van der Waals surface area (Å²) < 4.78 is 0. The van der Waals surface area contributed by atoms with Gasteiger partial charge in [-0.3, -0.25) is 0 Å². The van der Waals surface area contributed by atoms with E-state index >= 15 is 0 Å². The van der Waals surface area contributed by atoms with Gasteiger partial charge in [-0.05, 0) is 95.4 Å². The molecule has 0 spiro atoms. The molecule has 4 bridgehead atoms. The van der Waals surface area contributed by atoms with E-state index < -0.39 is 0 Å². The molecule has 1 aromatic carbocycles. The molecule has 4 aliphatic carbocycles. The van der Waals surface area contributed by atoms with Crippen molar-refractivity contribution in [1.29, 1.82) is 0 Å². The van der Waals surface area contributed by atoms with Gasteiger partial charge < -0.3 is 0 Å². The summed E-state index contributed by atoms with van der Waals surface area (Å²) in [6, 6.07) is 2.69. The van der Waals surface area contributed by atoms with Crippen LogP contribution in [0.2, 0.25) is 0 Å². The Labute approximate surface area is 123 Å². The first-order chi connectivity index (χ1) is 9.54. The molecule has 0 saturated heterocycles. The Morgan fingerprint density at radius 1 is 0.750 bits per heavy atom. The molecule has 106 valence electrons. The van der Waals surface area contributed by atoms with Crippen molar-refractivity contribution in [2.75, 3.05) is 0 Å². The average Bonchev–Trinajstić information content (AvgIpc) is 3.15. The molecular weight excluding hydrogens is 240 g/mol.